The van der Waals surface area contributed by atoms with Crippen molar-refractivity contribution < 1.29 is 13.2 Å². The summed E-state index contributed by atoms with van der Waals surface area (Å²) in [5.74, 6) is 0.694. The lowest BCUT2D eigenvalue weighted by Crippen LogP contribution is -2.04. The van der Waals surface area contributed by atoms with Gasteiger partial charge in [0, 0.05) is 23.0 Å². The minimum Gasteiger partial charge on any atom is -0.236 e. The van der Waals surface area contributed by atoms with Gasteiger partial charge in [0.1, 0.15) is 0 Å². The van der Waals surface area contributed by atoms with Crippen LogP contribution in [0.1, 0.15) is 16.8 Å². The number of halogens is 4. The fourth-order valence-corrected chi connectivity index (χ4v) is 1.83. The Morgan fingerprint density at radius 3 is 2.26 bits per heavy atom. The van der Waals surface area contributed by atoms with Crippen LogP contribution in [-0.2, 0) is 12.1 Å². The van der Waals surface area contributed by atoms with Crippen molar-refractivity contribution in [3.8, 4) is 11.4 Å². The number of aromatic nitrogens is 2. The molecule has 0 amide bonds. The van der Waals surface area contributed by atoms with E-state index in [1.807, 2.05) is 0 Å². The summed E-state index contributed by atoms with van der Waals surface area (Å²) in [6.07, 6.45) is -2.75. The second-order valence-electron chi connectivity index (χ2n) is 4.01. The number of aryl methyl sites for hydroxylation is 1. The standard InChI is InChI=1S/C13H10ClF3N2/c1-8-10(6-14)7-18-12(19-8)9-2-4-11(5-3-9)13(15,16)17/h2-5,7H,6H2,1H3. The first-order chi connectivity index (χ1) is 8.91. The largest absolute Gasteiger partial charge is 0.416 e. The summed E-state index contributed by atoms with van der Waals surface area (Å²) >= 11 is 5.70. The predicted octanol–water partition coefficient (Wildman–Crippen LogP) is 4.21. The molecule has 0 bridgehead atoms. The van der Waals surface area contributed by atoms with E-state index >= 15 is 0 Å². The van der Waals surface area contributed by atoms with Gasteiger partial charge in [-0.1, -0.05) is 12.1 Å². The summed E-state index contributed by atoms with van der Waals surface area (Å²) < 4.78 is 37.3. The summed E-state index contributed by atoms with van der Waals surface area (Å²) in [5, 5.41) is 0. The Morgan fingerprint density at radius 1 is 1.16 bits per heavy atom. The van der Waals surface area contributed by atoms with Crippen LogP contribution < -0.4 is 0 Å². The molecule has 0 spiro atoms. The van der Waals surface area contributed by atoms with Crippen LogP contribution in [0.25, 0.3) is 11.4 Å². The first-order valence-corrected chi connectivity index (χ1v) is 6.01. The Kier molecular flexibility index (Phi) is 3.75. The van der Waals surface area contributed by atoms with Gasteiger partial charge < -0.3 is 0 Å². The highest BCUT2D eigenvalue weighted by molar-refractivity contribution is 6.17. The normalized spacial score (nSPS) is 11.6. The van der Waals surface area contributed by atoms with E-state index in [1.165, 1.54) is 12.1 Å². The maximum Gasteiger partial charge on any atom is 0.416 e. The Balaban J connectivity index is 2.35. The Hall–Kier alpha value is -1.62. The number of hydrogen-bond acceptors (Lipinski definition) is 2. The molecule has 0 N–H and O–H groups in total. The maximum absolute atomic E-state index is 12.4. The molecule has 2 nitrogen and oxygen atoms in total. The smallest absolute Gasteiger partial charge is 0.236 e. The molecule has 0 atom stereocenters. The van der Waals surface area contributed by atoms with Crippen LogP contribution in [0.4, 0.5) is 13.2 Å². The van der Waals surface area contributed by atoms with Crippen molar-refractivity contribution in [1.82, 2.24) is 9.97 Å². The summed E-state index contributed by atoms with van der Waals surface area (Å²) in [4.78, 5) is 8.32. The van der Waals surface area contributed by atoms with E-state index in [0.29, 0.717) is 17.3 Å². The van der Waals surface area contributed by atoms with Crippen molar-refractivity contribution in [2.75, 3.05) is 0 Å². The molecule has 0 radical (unpaired) electrons. The second-order valence-corrected chi connectivity index (χ2v) is 4.28. The summed E-state index contributed by atoms with van der Waals surface area (Å²) in [6.45, 7) is 1.78. The molecule has 2 aromatic rings. The summed E-state index contributed by atoms with van der Waals surface area (Å²) in [5.41, 5.74) is 1.37. The number of nitrogens with zero attached hydrogens (tertiary/aromatic N) is 2. The Morgan fingerprint density at radius 2 is 1.79 bits per heavy atom. The monoisotopic (exact) mass is 286 g/mol. The topological polar surface area (TPSA) is 25.8 Å². The molecular formula is C13H10ClF3N2. The fraction of sp³-hybridized carbons (Fsp3) is 0.231. The SMILES string of the molecule is Cc1nc(-c2ccc(C(F)(F)F)cc2)ncc1CCl. The minimum absolute atomic E-state index is 0.305. The van der Waals surface area contributed by atoms with E-state index in [4.69, 9.17) is 11.6 Å². The summed E-state index contributed by atoms with van der Waals surface area (Å²) in [6, 6.07) is 4.75. The van der Waals surface area contributed by atoms with Crippen molar-refractivity contribution in [3.05, 3.63) is 47.3 Å². The number of benzene rings is 1. The third-order valence-electron chi connectivity index (χ3n) is 2.70. The van der Waals surface area contributed by atoms with Crippen molar-refractivity contribution in [2.24, 2.45) is 0 Å². The van der Waals surface area contributed by atoms with E-state index in [1.54, 1.807) is 13.1 Å². The predicted molar refractivity (Wildman–Crippen MR) is 66.8 cm³/mol. The average Bonchev–Trinajstić information content (AvgIpc) is 2.38. The average molecular weight is 287 g/mol. The van der Waals surface area contributed by atoms with E-state index in [-0.39, 0.29) is 0 Å². The molecule has 0 unspecified atom stereocenters. The van der Waals surface area contributed by atoms with Gasteiger partial charge in [0.05, 0.1) is 11.4 Å². The van der Waals surface area contributed by atoms with Crippen LogP contribution in [0.2, 0.25) is 0 Å². The number of alkyl halides is 4. The number of rotatable bonds is 2. The number of hydrogen-bond donors (Lipinski definition) is 0. The van der Waals surface area contributed by atoms with Crippen LogP contribution in [0.5, 0.6) is 0 Å². The maximum atomic E-state index is 12.4. The lowest BCUT2D eigenvalue weighted by atomic mass is 10.1. The molecule has 1 heterocycles. The first-order valence-electron chi connectivity index (χ1n) is 5.48. The van der Waals surface area contributed by atoms with Crippen LogP contribution in [0.15, 0.2) is 30.5 Å². The van der Waals surface area contributed by atoms with Crippen LogP contribution in [-0.4, -0.2) is 9.97 Å². The zero-order chi connectivity index (χ0) is 14.0. The minimum atomic E-state index is -4.34. The van der Waals surface area contributed by atoms with Crippen molar-refractivity contribution in [2.45, 2.75) is 19.0 Å². The van der Waals surface area contributed by atoms with Gasteiger partial charge in [0.15, 0.2) is 5.82 Å². The van der Waals surface area contributed by atoms with Gasteiger partial charge >= 0.3 is 6.18 Å². The van der Waals surface area contributed by atoms with E-state index in [2.05, 4.69) is 9.97 Å². The fourth-order valence-electron chi connectivity index (χ4n) is 1.57. The van der Waals surface area contributed by atoms with Gasteiger partial charge in [-0.25, -0.2) is 9.97 Å². The van der Waals surface area contributed by atoms with Gasteiger partial charge in [-0.3, -0.25) is 0 Å². The molecule has 0 aliphatic heterocycles. The summed E-state index contributed by atoms with van der Waals surface area (Å²) in [7, 11) is 0. The molecule has 1 aromatic heterocycles. The lowest BCUT2D eigenvalue weighted by Gasteiger charge is -2.08. The molecule has 0 fully saturated rings. The molecule has 0 saturated carbocycles. The van der Waals surface area contributed by atoms with Crippen molar-refractivity contribution in [1.29, 1.82) is 0 Å². The van der Waals surface area contributed by atoms with Crippen LogP contribution in [0, 0.1) is 6.92 Å². The molecule has 0 aliphatic rings. The van der Waals surface area contributed by atoms with E-state index in [0.717, 1.165) is 23.4 Å². The highest BCUT2D eigenvalue weighted by Gasteiger charge is 2.30. The lowest BCUT2D eigenvalue weighted by molar-refractivity contribution is -0.137. The van der Waals surface area contributed by atoms with Crippen molar-refractivity contribution >= 4 is 11.6 Å². The highest BCUT2D eigenvalue weighted by atomic mass is 35.5. The molecular weight excluding hydrogens is 277 g/mol. The second kappa shape index (κ2) is 5.17. The van der Waals surface area contributed by atoms with E-state index < -0.39 is 11.7 Å². The molecule has 0 aliphatic carbocycles. The third-order valence-corrected chi connectivity index (χ3v) is 2.98. The molecule has 100 valence electrons. The molecule has 6 heteroatoms. The Labute approximate surface area is 113 Å². The molecule has 19 heavy (non-hydrogen) atoms. The molecule has 0 saturated heterocycles. The van der Waals surface area contributed by atoms with Crippen molar-refractivity contribution in [3.63, 3.8) is 0 Å². The van der Waals surface area contributed by atoms with Gasteiger partial charge in [0.25, 0.3) is 0 Å². The van der Waals surface area contributed by atoms with E-state index in [9.17, 15) is 13.2 Å². The third kappa shape index (κ3) is 3.04. The molecule has 2 rings (SSSR count). The molecule has 1 aromatic carbocycles. The van der Waals surface area contributed by atoms with Crippen LogP contribution in [0.3, 0.4) is 0 Å². The van der Waals surface area contributed by atoms with Gasteiger partial charge in [0.2, 0.25) is 0 Å². The Bertz CT molecular complexity index is 579. The van der Waals surface area contributed by atoms with Gasteiger partial charge in [-0.2, -0.15) is 13.2 Å². The quantitative estimate of drug-likeness (QED) is 0.773. The zero-order valence-electron chi connectivity index (χ0n) is 10.0. The van der Waals surface area contributed by atoms with Crippen LogP contribution >= 0.6 is 11.6 Å². The van der Waals surface area contributed by atoms with Gasteiger partial charge in [-0.15, -0.1) is 11.6 Å². The zero-order valence-corrected chi connectivity index (χ0v) is 10.8. The first kappa shape index (κ1) is 13.8. The highest BCUT2D eigenvalue weighted by Crippen LogP contribution is 2.30. The van der Waals surface area contributed by atoms with Gasteiger partial charge in [-0.05, 0) is 19.1 Å².